The highest BCUT2D eigenvalue weighted by Crippen LogP contribution is 2.29. The van der Waals surface area contributed by atoms with Gasteiger partial charge in [-0.2, -0.15) is 5.26 Å². The average Bonchev–Trinajstić information content (AvgIpc) is 3.18. The molecule has 2 aliphatic heterocycles. The largest absolute Gasteiger partial charge is 0.436 e. The van der Waals surface area contributed by atoms with Crippen molar-refractivity contribution in [3.63, 3.8) is 0 Å². The van der Waals surface area contributed by atoms with Crippen LogP contribution in [0.25, 0.3) is 0 Å². The van der Waals surface area contributed by atoms with E-state index >= 15 is 0 Å². The van der Waals surface area contributed by atoms with Crippen molar-refractivity contribution in [3.05, 3.63) is 0 Å². The minimum atomic E-state index is -0.900. The summed E-state index contributed by atoms with van der Waals surface area (Å²) in [4.78, 5) is 29.5. The van der Waals surface area contributed by atoms with Gasteiger partial charge in [0, 0.05) is 26.2 Å². The third kappa shape index (κ3) is 5.83. The van der Waals surface area contributed by atoms with Crippen molar-refractivity contribution < 1.29 is 19.1 Å². The molecule has 0 bridgehead atoms. The molecule has 3 fully saturated rings. The van der Waals surface area contributed by atoms with Crippen LogP contribution in [0.1, 0.15) is 51.9 Å². The first kappa shape index (κ1) is 21.8. The fraction of sp³-hybridized carbons (Fsp3) is 0.857. The minimum absolute atomic E-state index is 0.336. The normalized spacial score (nSPS) is 27.2. The molecule has 162 valence electrons. The van der Waals surface area contributed by atoms with Crippen LogP contribution in [-0.4, -0.2) is 79.4 Å². The Labute approximate surface area is 173 Å². The summed E-state index contributed by atoms with van der Waals surface area (Å²) in [5.74, 6) is 0.0439. The summed E-state index contributed by atoms with van der Waals surface area (Å²) < 4.78 is 11.0. The Kier molecular flexibility index (Phi) is 7.73. The molecule has 2 saturated heterocycles. The number of ether oxygens (including phenoxy) is 2. The number of nitrogens with one attached hydrogen (secondary N) is 1. The number of likely N-dealkylation sites (N-methyl/N-ethyl adjacent to an activating group) is 1. The summed E-state index contributed by atoms with van der Waals surface area (Å²) in [7, 11) is 0. The van der Waals surface area contributed by atoms with E-state index in [0.29, 0.717) is 51.6 Å². The zero-order valence-electron chi connectivity index (χ0n) is 17.5. The Morgan fingerprint density at radius 2 is 1.97 bits per heavy atom. The van der Waals surface area contributed by atoms with Crippen LogP contribution in [0.3, 0.4) is 0 Å². The predicted octanol–water partition coefficient (Wildman–Crippen LogP) is 1.90. The smallest absolute Gasteiger partial charge is 0.410 e. The second-order valence-corrected chi connectivity index (χ2v) is 8.51. The number of nitriles is 1. The summed E-state index contributed by atoms with van der Waals surface area (Å²) in [6.45, 7) is 6.11. The summed E-state index contributed by atoms with van der Waals surface area (Å²) in [5.41, 5.74) is -0.900. The Balaban J connectivity index is 1.66. The number of morpholine rings is 1. The molecule has 0 aromatic carbocycles. The maximum atomic E-state index is 13.1. The molecule has 0 radical (unpaired) electrons. The lowest BCUT2D eigenvalue weighted by Gasteiger charge is -2.31. The standard InChI is InChI=1S/C21H34N4O4/c1-2-24-9-8-21(15-22,16-24)23-19(26)18(14-17-6-4-3-5-7-17)29-20(27)25-10-12-28-13-11-25/h17-18H,2-14,16H2,1H3,(H,23,26). The van der Waals surface area contributed by atoms with E-state index in [1.165, 1.54) is 6.42 Å². The van der Waals surface area contributed by atoms with E-state index in [-0.39, 0.29) is 5.91 Å². The van der Waals surface area contributed by atoms with E-state index in [0.717, 1.165) is 38.8 Å². The van der Waals surface area contributed by atoms with Gasteiger partial charge in [-0.3, -0.25) is 4.79 Å². The van der Waals surface area contributed by atoms with Gasteiger partial charge in [-0.1, -0.05) is 39.0 Å². The van der Waals surface area contributed by atoms with Gasteiger partial charge in [-0.05, 0) is 25.3 Å². The molecular weight excluding hydrogens is 372 g/mol. The third-order valence-electron chi connectivity index (χ3n) is 6.45. The summed E-state index contributed by atoms with van der Waals surface area (Å²) in [6.07, 6.45) is 5.47. The minimum Gasteiger partial charge on any atom is -0.436 e. The van der Waals surface area contributed by atoms with Crippen molar-refractivity contribution in [2.45, 2.75) is 63.5 Å². The monoisotopic (exact) mass is 406 g/mol. The van der Waals surface area contributed by atoms with Crippen LogP contribution in [0, 0.1) is 17.2 Å². The van der Waals surface area contributed by atoms with Crippen LogP contribution in [0.5, 0.6) is 0 Å². The summed E-state index contributed by atoms with van der Waals surface area (Å²) >= 11 is 0. The molecule has 2 heterocycles. The number of amides is 2. The van der Waals surface area contributed by atoms with Crippen molar-refractivity contribution in [2.24, 2.45) is 5.92 Å². The fourth-order valence-corrected chi connectivity index (χ4v) is 4.57. The molecule has 1 aliphatic carbocycles. The molecule has 3 rings (SSSR count). The zero-order valence-corrected chi connectivity index (χ0v) is 17.5. The lowest BCUT2D eigenvalue weighted by Crippen LogP contribution is -2.54. The lowest BCUT2D eigenvalue weighted by atomic mass is 9.85. The van der Waals surface area contributed by atoms with Crippen molar-refractivity contribution in [1.29, 1.82) is 5.26 Å². The first-order chi connectivity index (χ1) is 14.0. The summed E-state index contributed by atoms with van der Waals surface area (Å²) in [5, 5.41) is 12.7. The van der Waals surface area contributed by atoms with Gasteiger partial charge in [0.25, 0.3) is 5.91 Å². The van der Waals surface area contributed by atoms with Crippen molar-refractivity contribution in [1.82, 2.24) is 15.1 Å². The van der Waals surface area contributed by atoms with Crippen LogP contribution in [-0.2, 0) is 14.3 Å². The van der Waals surface area contributed by atoms with E-state index < -0.39 is 17.7 Å². The van der Waals surface area contributed by atoms with Gasteiger partial charge in [0.1, 0.15) is 5.54 Å². The van der Waals surface area contributed by atoms with E-state index in [1.54, 1.807) is 4.90 Å². The van der Waals surface area contributed by atoms with Gasteiger partial charge < -0.3 is 24.6 Å². The topological polar surface area (TPSA) is 94.9 Å². The molecule has 1 saturated carbocycles. The molecule has 2 unspecified atom stereocenters. The molecule has 8 heteroatoms. The summed E-state index contributed by atoms with van der Waals surface area (Å²) in [6, 6.07) is 2.31. The second-order valence-electron chi connectivity index (χ2n) is 8.51. The quantitative estimate of drug-likeness (QED) is 0.724. The van der Waals surface area contributed by atoms with Gasteiger partial charge in [0.05, 0.1) is 19.3 Å². The zero-order chi connectivity index (χ0) is 20.7. The second kappa shape index (κ2) is 10.3. The number of rotatable bonds is 6. The Morgan fingerprint density at radius 3 is 2.59 bits per heavy atom. The molecule has 1 N–H and O–H groups in total. The number of carbonyl (C=O) groups is 2. The lowest BCUT2D eigenvalue weighted by molar-refractivity contribution is -0.132. The number of carbonyl (C=O) groups excluding carboxylic acids is 2. The maximum Gasteiger partial charge on any atom is 0.410 e. The first-order valence-corrected chi connectivity index (χ1v) is 11.0. The van der Waals surface area contributed by atoms with Crippen LogP contribution in [0.2, 0.25) is 0 Å². The van der Waals surface area contributed by atoms with E-state index in [4.69, 9.17) is 9.47 Å². The van der Waals surface area contributed by atoms with E-state index in [2.05, 4.69) is 16.3 Å². The highest BCUT2D eigenvalue weighted by atomic mass is 16.6. The molecule has 8 nitrogen and oxygen atoms in total. The van der Waals surface area contributed by atoms with Crippen molar-refractivity contribution >= 4 is 12.0 Å². The van der Waals surface area contributed by atoms with Gasteiger partial charge in [-0.25, -0.2) is 4.79 Å². The van der Waals surface area contributed by atoms with E-state index in [9.17, 15) is 14.9 Å². The number of hydrogen-bond donors (Lipinski definition) is 1. The van der Waals surface area contributed by atoms with Crippen molar-refractivity contribution in [3.8, 4) is 6.07 Å². The van der Waals surface area contributed by atoms with Crippen LogP contribution >= 0.6 is 0 Å². The highest BCUT2D eigenvalue weighted by molar-refractivity contribution is 5.84. The highest BCUT2D eigenvalue weighted by Gasteiger charge is 2.41. The molecule has 0 aromatic heterocycles. The Bertz CT molecular complexity index is 610. The first-order valence-electron chi connectivity index (χ1n) is 11.0. The van der Waals surface area contributed by atoms with Gasteiger partial charge >= 0.3 is 6.09 Å². The Hall–Kier alpha value is -1.85. The maximum absolute atomic E-state index is 13.1. The third-order valence-corrected chi connectivity index (χ3v) is 6.45. The number of hydrogen-bond acceptors (Lipinski definition) is 6. The molecule has 2 amide bonds. The molecule has 29 heavy (non-hydrogen) atoms. The van der Waals surface area contributed by atoms with Gasteiger partial charge in [0.15, 0.2) is 6.10 Å². The van der Waals surface area contributed by atoms with Crippen LogP contribution in [0.15, 0.2) is 0 Å². The average molecular weight is 407 g/mol. The van der Waals surface area contributed by atoms with Gasteiger partial charge in [-0.15, -0.1) is 0 Å². The molecule has 0 aromatic rings. The molecule has 2 atom stereocenters. The molecule has 3 aliphatic rings. The van der Waals surface area contributed by atoms with Crippen LogP contribution < -0.4 is 5.32 Å². The van der Waals surface area contributed by atoms with Crippen molar-refractivity contribution in [2.75, 3.05) is 45.9 Å². The molecule has 0 spiro atoms. The number of nitrogens with zero attached hydrogens (tertiary/aromatic N) is 3. The molecular formula is C21H34N4O4. The SMILES string of the molecule is CCN1CCC(C#N)(NC(=O)C(CC2CCCCC2)OC(=O)N2CCOCC2)C1. The van der Waals surface area contributed by atoms with Gasteiger partial charge in [0.2, 0.25) is 0 Å². The Morgan fingerprint density at radius 1 is 1.24 bits per heavy atom. The number of likely N-dealkylation sites (tertiary alicyclic amines) is 1. The fourth-order valence-electron chi connectivity index (χ4n) is 4.57. The van der Waals surface area contributed by atoms with E-state index in [1.807, 2.05) is 6.92 Å². The predicted molar refractivity (Wildman–Crippen MR) is 107 cm³/mol. The van der Waals surface area contributed by atoms with Crippen LogP contribution in [0.4, 0.5) is 4.79 Å².